The lowest BCUT2D eigenvalue weighted by molar-refractivity contribution is -0.885. The molecule has 1 aromatic heterocycles. The summed E-state index contributed by atoms with van der Waals surface area (Å²) in [6, 6.07) is 10.5. The Morgan fingerprint density at radius 1 is 1.26 bits per heavy atom. The number of likely N-dealkylation sites (N-methyl/N-ethyl adjacent to an activating group) is 1. The maximum absolute atomic E-state index is 12.7. The van der Waals surface area contributed by atoms with E-state index < -0.39 is 0 Å². The smallest absolute Gasteiger partial charge is 0.281 e. The molecule has 2 aromatic rings. The number of anilines is 1. The van der Waals surface area contributed by atoms with Gasteiger partial charge in [0.1, 0.15) is 5.76 Å². The quantitative estimate of drug-likeness (QED) is 0.619. The van der Waals surface area contributed by atoms with Crippen molar-refractivity contribution in [3.8, 4) is 0 Å². The van der Waals surface area contributed by atoms with Crippen LogP contribution in [-0.4, -0.2) is 50.9 Å². The second kappa shape index (κ2) is 8.50. The Morgan fingerprint density at radius 2 is 2.07 bits per heavy atom. The first kappa shape index (κ1) is 18.7. The zero-order valence-corrected chi connectivity index (χ0v) is 15.2. The average Bonchev–Trinajstić information content (AvgIpc) is 3.19. The van der Waals surface area contributed by atoms with Gasteiger partial charge >= 0.3 is 0 Å². The highest BCUT2D eigenvalue weighted by molar-refractivity contribution is 6.04. The van der Waals surface area contributed by atoms with Gasteiger partial charge in [-0.3, -0.25) is 14.4 Å². The van der Waals surface area contributed by atoms with Crippen molar-refractivity contribution in [3.63, 3.8) is 0 Å². The first-order chi connectivity index (χ1) is 13.0. The molecule has 3 N–H and O–H groups in total. The van der Waals surface area contributed by atoms with Crippen molar-refractivity contribution < 1.29 is 23.7 Å². The van der Waals surface area contributed by atoms with E-state index >= 15 is 0 Å². The van der Waals surface area contributed by atoms with Crippen molar-refractivity contribution >= 4 is 23.4 Å². The normalized spacial score (nSPS) is 16.5. The maximum Gasteiger partial charge on any atom is 0.281 e. The number of nitrogens with one attached hydrogen (secondary N) is 3. The van der Waals surface area contributed by atoms with Crippen molar-refractivity contribution in [3.05, 3.63) is 54.0 Å². The fraction of sp³-hybridized carbons (Fsp3) is 0.316. The molecule has 8 nitrogen and oxygen atoms in total. The second-order valence-electron chi connectivity index (χ2n) is 6.44. The standard InChI is InChI=1S/C19H22N4O4/c1-22(18(25)13-23-9-8-20-17(24)12-23)16-7-3-2-6-15(16)19(26)21-11-14-5-4-10-27-14/h2-7,10H,8-9,11-13H2,1H3,(H,20,24)(H,21,26)/p+1. The average molecular weight is 371 g/mol. The number of para-hydroxylation sites is 1. The molecule has 0 aliphatic carbocycles. The summed E-state index contributed by atoms with van der Waals surface area (Å²) in [4.78, 5) is 39.1. The predicted octanol–water partition coefficient (Wildman–Crippen LogP) is -0.813. The second-order valence-corrected chi connectivity index (χ2v) is 6.44. The van der Waals surface area contributed by atoms with Crippen LogP contribution in [0.25, 0.3) is 0 Å². The van der Waals surface area contributed by atoms with Crippen molar-refractivity contribution in [1.29, 1.82) is 0 Å². The zero-order valence-electron chi connectivity index (χ0n) is 15.2. The molecule has 3 amide bonds. The summed E-state index contributed by atoms with van der Waals surface area (Å²) in [7, 11) is 1.64. The maximum atomic E-state index is 12.7. The minimum atomic E-state index is -0.286. The Morgan fingerprint density at radius 3 is 2.81 bits per heavy atom. The molecule has 2 heterocycles. The number of carbonyl (C=O) groups excluding carboxylic acids is 3. The lowest BCUT2D eigenvalue weighted by Crippen LogP contribution is -3.16. The lowest BCUT2D eigenvalue weighted by atomic mass is 10.1. The lowest BCUT2D eigenvalue weighted by Gasteiger charge is -2.26. The molecule has 0 bridgehead atoms. The third-order valence-corrected chi connectivity index (χ3v) is 4.50. The number of benzene rings is 1. The first-order valence-electron chi connectivity index (χ1n) is 8.81. The number of piperazine rings is 1. The van der Waals surface area contributed by atoms with Crippen LogP contribution in [0.5, 0.6) is 0 Å². The molecule has 1 aliphatic heterocycles. The Bertz CT molecular complexity index is 819. The summed E-state index contributed by atoms with van der Waals surface area (Å²) in [6.45, 7) is 2.02. The van der Waals surface area contributed by atoms with Crippen LogP contribution in [0.2, 0.25) is 0 Å². The van der Waals surface area contributed by atoms with Gasteiger partial charge in [0.2, 0.25) is 0 Å². The molecule has 0 radical (unpaired) electrons. The molecule has 1 aliphatic rings. The van der Waals surface area contributed by atoms with Crippen LogP contribution in [0, 0.1) is 0 Å². The van der Waals surface area contributed by atoms with Crippen molar-refractivity contribution in [2.24, 2.45) is 0 Å². The molecule has 1 fully saturated rings. The van der Waals surface area contributed by atoms with E-state index in [2.05, 4.69) is 10.6 Å². The van der Waals surface area contributed by atoms with E-state index in [-0.39, 0.29) is 37.4 Å². The van der Waals surface area contributed by atoms with E-state index in [4.69, 9.17) is 4.42 Å². The van der Waals surface area contributed by atoms with Crippen molar-refractivity contribution in [1.82, 2.24) is 10.6 Å². The van der Waals surface area contributed by atoms with E-state index in [9.17, 15) is 14.4 Å². The predicted molar refractivity (Wildman–Crippen MR) is 98.3 cm³/mol. The Hall–Kier alpha value is -3.13. The van der Waals surface area contributed by atoms with E-state index in [0.717, 1.165) is 4.90 Å². The van der Waals surface area contributed by atoms with Crippen LogP contribution in [0.4, 0.5) is 5.69 Å². The number of rotatable bonds is 6. The summed E-state index contributed by atoms with van der Waals surface area (Å²) in [6.07, 6.45) is 1.55. The Kier molecular flexibility index (Phi) is 5.87. The summed E-state index contributed by atoms with van der Waals surface area (Å²) >= 11 is 0. The Balaban J connectivity index is 1.67. The topological polar surface area (TPSA) is 96.1 Å². The number of nitrogens with zero attached hydrogens (tertiary/aromatic N) is 1. The van der Waals surface area contributed by atoms with Crippen LogP contribution in [-0.2, 0) is 16.1 Å². The fourth-order valence-corrected chi connectivity index (χ4v) is 3.01. The minimum absolute atomic E-state index is 0.0515. The Labute approximate surface area is 157 Å². The zero-order chi connectivity index (χ0) is 19.2. The fourth-order valence-electron chi connectivity index (χ4n) is 3.01. The van der Waals surface area contributed by atoms with Crippen LogP contribution in [0.15, 0.2) is 47.1 Å². The number of quaternary nitrogens is 1. The van der Waals surface area contributed by atoms with Gasteiger partial charge in [-0.25, -0.2) is 0 Å². The molecule has 1 atom stereocenters. The number of hydrogen-bond donors (Lipinski definition) is 3. The van der Waals surface area contributed by atoms with Crippen LogP contribution >= 0.6 is 0 Å². The molecule has 3 rings (SSSR count). The molecule has 8 heteroatoms. The highest BCUT2D eigenvalue weighted by Crippen LogP contribution is 2.19. The van der Waals surface area contributed by atoms with Gasteiger partial charge in [-0.2, -0.15) is 0 Å². The molecule has 1 unspecified atom stereocenters. The number of amides is 3. The van der Waals surface area contributed by atoms with Gasteiger partial charge in [-0.15, -0.1) is 0 Å². The van der Waals surface area contributed by atoms with Crippen LogP contribution in [0.3, 0.4) is 0 Å². The van der Waals surface area contributed by atoms with E-state index in [1.165, 1.54) is 4.90 Å². The van der Waals surface area contributed by atoms with E-state index in [1.807, 2.05) is 0 Å². The molecule has 1 saturated heterocycles. The molecule has 142 valence electrons. The summed E-state index contributed by atoms with van der Waals surface area (Å²) in [5.74, 6) is 0.166. The van der Waals surface area contributed by atoms with Crippen LogP contribution in [0.1, 0.15) is 16.1 Å². The summed E-state index contributed by atoms with van der Waals surface area (Å²) in [5.41, 5.74) is 0.937. The van der Waals surface area contributed by atoms with Gasteiger partial charge in [0, 0.05) is 7.05 Å². The van der Waals surface area contributed by atoms with Gasteiger partial charge in [-0.1, -0.05) is 12.1 Å². The van der Waals surface area contributed by atoms with E-state index in [0.29, 0.717) is 30.1 Å². The van der Waals surface area contributed by atoms with Gasteiger partial charge < -0.3 is 24.9 Å². The van der Waals surface area contributed by atoms with Gasteiger partial charge in [0.25, 0.3) is 17.7 Å². The van der Waals surface area contributed by atoms with Crippen LogP contribution < -0.4 is 20.4 Å². The molecule has 27 heavy (non-hydrogen) atoms. The highest BCUT2D eigenvalue weighted by atomic mass is 16.3. The molecular formula is C19H23N4O4+. The van der Waals surface area contributed by atoms with Crippen molar-refractivity contribution in [2.75, 3.05) is 38.1 Å². The molecular weight excluding hydrogens is 348 g/mol. The SMILES string of the molecule is CN(C(=O)C[NH+]1CCNC(=O)C1)c1ccccc1C(=O)NCc1ccco1. The number of hydrogen-bond acceptors (Lipinski definition) is 4. The first-order valence-corrected chi connectivity index (χ1v) is 8.81. The monoisotopic (exact) mass is 371 g/mol. The molecule has 0 spiro atoms. The minimum Gasteiger partial charge on any atom is -0.467 e. The number of carbonyl (C=O) groups is 3. The van der Waals surface area contributed by atoms with E-state index in [1.54, 1.807) is 49.7 Å². The summed E-state index contributed by atoms with van der Waals surface area (Å²) < 4.78 is 5.21. The molecule has 0 saturated carbocycles. The van der Waals surface area contributed by atoms with Gasteiger partial charge in [0.15, 0.2) is 13.1 Å². The largest absolute Gasteiger partial charge is 0.467 e. The number of furan rings is 1. The van der Waals surface area contributed by atoms with Crippen molar-refractivity contribution in [2.45, 2.75) is 6.54 Å². The third-order valence-electron chi connectivity index (χ3n) is 4.50. The van der Waals surface area contributed by atoms with Gasteiger partial charge in [-0.05, 0) is 24.3 Å². The summed E-state index contributed by atoms with van der Waals surface area (Å²) in [5, 5.41) is 5.54. The third kappa shape index (κ3) is 4.73. The van der Waals surface area contributed by atoms with Gasteiger partial charge in [0.05, 0.1) is 37.1 Å². The highest BCUT2D eigenvalue weighted by Gasteiger charge is 2.25. The molecule has 1 aromatic carbocycles.